The number of carbonyl (C=O) groups is 1. The van der Waals surface area contributed by atoms with Crippen molar-refractivity contribution in [1.82, 2.24) is 5.32 Å². The summed E-state index contributed by atoms with van der Waals surface area (Å²) < 4.78 is 5.36. The molecule has 0 aliphatic carbocycles. The zero-order valence-corrected chi connectivity index (χ0v) is 11.1. The molecule has 1 saturated heterocycles. The minimum Gasteiger partial charge on any atom is -0.464 e. The lowest BCUT2D eigenvalue weighted by Gasteiger charge is -2.32. The second-order valence-electron chi connectivity index (χ2n) is 6.16. The molecule has 0 bridgehead atoms. The Hall–Kier alpha value is -0.570. The highest BCUT2D eigenvalue weighted by Gasteiger charge is 2.35. The summed E-state index contributed by atoms with van der Waals surface area (Å²) in [5.41, 5.74) is -0.225. The van der Waals surface area contributed by atoms with Crippen LogP contribution < -0.4 is 5.32 Å². The molecule has 1 N–H and O–H groups in total. The van der Waals surface area contributed by atoms with E-state index in [1.165, 1.54) is 0 Å². The maximum Gasteiger partial charge on any atom is 0.326 e. The van der Waals surface area contributed by atoms with E-state index in [0.717, 1.165) is 32.2 Å². The van der Waals surface area contributed by atoms with Crippen LogP contribution in [-0.4, -0.2) is 24.7 Å². The molecule has 1 fully saturated rings. The Labute approximate surface area is 98.9 Å². The summed E-state index contributed by atoms with van der Waals surface area (Å²) in [6, 6.07) is 0. The molecule has 0 aromatic rings. The maximum atomic E-state index is 11.9. The second kappa shape index (κ2) is 5.17. The number of nitrogens with one attached hydrogen (secondary N) is 1. The van der Waals surface area contributed by atoms with E-state index in [-0.39, 0.29) is 11.4 Å². The SMILES string of the molecule is CC(C)(C)CCOC(=O)C1(C)CCCCN1. The van der Waals surface area contributed by atoms with Gasteiger partial charge in [-0.15, -0.1) is 0 Å². The van der Waals surface area contributed by atoms with E-state index in [0.29, 0.717) is 6.61 Å². The van der Waals surface area contributed by atoms with E-state index < -0.39 is 5.54 Å². The number of ether oxygens (including phenoxy) is 1. The third kappa shape index (κ3) is 4.12. The summed E-state index contributed by atoms with van der Waals surface area (Å²) in [6.45, 7) is 9.86. The quantitative estimate of drug-likeness (QED) is 0.753. The normalized spacial score (nSPS) is 26.5. The predicted octanol–water partition coefficient (Wildman–Crippen LogP) is 2.50. The van der Waals surface area contributed by atoms with Crippen molar-refractivity contribution in [2.24, 2.45) is 5.41 Å². The van der Waals surface area contributed by atoms with Crippen molar-refractivity contribution in [2.75, 3.05) is 13.2 Å². The van der Waals surface area contributed by atoms with Gasteiger partial charge in [0.1, 0.15) is 5.54 Å². The van der Waals surface area contributed by atoms with E-state index in [2.05, 4.69) is 26.1 Å². The number of hydrogen-bond acceptors (Lipinski definition) is 3. The molecule has 1 heterocycles. The first kappa shape index (κ1) is 13.5. The first-order chi connectivity index (χ1) is 7.33. The smallest absolute Gasteiger partial charge is 0.326 e. The molecule has 0 amide bonds. The van der Waals surface area contributed by atoms with E-state index in [1.54, 1.807) is 0 Å². The predicted molar refractivity (Wildman–Crippen MR) is 65.3 cm³/mol. The Morgan fingerprint density at radius 3 is 2.56 bits per heavy atom. The highest BCUT2D eigenvalue weighted by atomic mass is 16.5. The summed E-state index contributed by atoms with van der Waals surface area (Å²) in [4.78, 5) is 11.9. The Morgan fingerprint density at radius 2 is 2.06 bits per heavy atom. The molecule has 1 atom stereocenters. The molecule has 1 unspecified atom stereocenters. The summed E-state index contributed by atoms with van der Waals surface area (Å²) in [6.07, 6.45) is 4.07. The van der Waals surface area contributed by atoms with Crippen molar-refractivity contribution >= 4 is 5.97 Å². The van der Waals surface area contributed by atoms with Gasteiger partial charge in [0.25, 0.3) is 0 Å². The van der Waals surface area contributed by atoms with Crippen LogP contribution in [0.2, 0.25) is 0 Å². The first-order valence-electron chi connectivity index (χ1n) is 6.26. The summed E-state index contributed by atoms with van der Waals surface area (Å²) in [7, 11) is 0. The van der Waals surface area contributed by atoms with Gasteiger partial charge < -0.3 is 10.1 Å². The summed E-state index contributed by atoms with van der Waals surface area (Å²) in [5.74, 6) is -0.0866. The minimum atomic E-state index is -0.448. The van der Waals surface area contributed by atoms with Gasteiger partial charge in [-0.05, 0) is 44.6 Å². The van der Waals surface area contributed by atoms with Crippen LogP contribution >= 0.6 is 0 Å². The fourth-order valence-corrected chi connectivity index (χ4v) is 1.84. The van der Waals surface area contributed by atoms with Gasteiger partial charge in [0.2, 0.25) is 0 Å². The van der Waals surface area contributed by atoms with Crippen molar-refractivity contribution in [3.8, 4) is 0 Å². The lowest BCUT2D eigenvalue weighted by Crippen LogP contribution is -2.53. The van der Waals surface area contributed by atoms with Gasteiger partial charge in [-0.3, -0.25) is 4.79 Å². The zero-order valence-electron chi connectivity index (χ0n) is 11.1. The third-order valence-electron chi connectivity index (χ3n) is 3.15. The molecule has 1 rings (SSSR count). The van der Waals surface area contributed by atoms with Gasteiger partial charge >= 0.3 is 5.97 Å². The van der Waals surface area contributed by atoms with Gasteiger partial charge in [-0.25, -0.2) is 0 Å². The largest absolute Gasteiger partial charge is 0.464 e. The number of hydrogen-bond donors (Lipinski definition) is 1. The first-order valence-corrected chi connectivity index (χ1v) is 6.26. The van der Waals surface area contributed by atoms with Crippen LogP contribution in [0.15, 0.2) is 0 Å². The molecule has 3 nitrogen and oxygen atoms in total. The van der Waals surface area contributed by atoms with Gasteiger partial charge in [-0.1, -0.05) is 20.8 Å². The second-order valence-corrected chi connectivity index (χ2v) is 6.16. The van der Waals surface area contributed by atoms with Gasteiger partial charge in [0.15, 0.2) is 0 Å². The van der Waals surface area contributed by atoms with E-state index in [9.17, 15) is 4.79 Å². The molecule has 94 valence electrons. The highest BCUT2D eigenvalue weighted by molar-refractivity contribution is 5.80. The molecular weight excluding hydrogens is 202 g/mol. The number of esters is 1. The Morgan fingerprint density at radius 1 is 1.38 bits per heavy atom. The van der Waals surface area contributed by atoms with Crippen LogP contribution in [0.1, 0.15) is 53.4 Å². The van der Waals surface area contributed by atoms with Crippen LogP contribution in [0.5, 0.6) is 0 Å². The number of rotatable bonds is 3. The lowest BCUT2D eigenvalue weighted by atomic mass is 9.91. The molecule has 3 heteroatoms. The summed E-state index contributed by atoms with van der Waals surface area (Å²) in [5, 5.41) is 3.27. The molecule has 0 aromatic carbocycles. The van der Waals surface area contributed by atoms with Crippen molar-refractivity contribution in [1.29, 1.82) is 0 Å². The topological polar surface area (TPSA) is 38.3 Å². The van der Waals surface area contributed by atoms with Crippen molar-refractivity contribution < 1.29 is 9.53 Å². The Balaban J connectivity index is 2.34. The molecule has 0 spiro atoms. The van der Waals surface area contributed by atoms with Crippen molar-refractivity contribution in [3.05, 3.63) is 0 Å². The Kier molecular flexibility index (Phi) is 4.36. The molecule has 1 aliphatic heterocycles. The molecule has 1 aliphatic rings. The maximum absolute atomic E-state index is 11.9. The fraction of sp³-hybridized carbons (Fsp3) is 0.923. The van der Waals surface area contributed by atoms with Gasteiger partial charge in [-0.2, -0.15) is 0 Å². The van der Waals surface area contributed by atoms with Crippen LogP contribution in [0.4, 0.5) is 0 Å². The van der Waals surface area contributed by atoms with Crippen molar-refractivity contribution in [3.63, 3.8) is 0 Å². The molecule has 0 aromatic heterocycles. The van der Waals surface area contributed by atoms with Crippen LogP contribution in [-0.2, 0) is 9.53 Å². The van der Waals surface area contributed by atoms with Crippen molar-refractivity contribution in [2.45, 2.75) is 58.9 Å². The molecular formula is C13H25NO2. The van der Waals surface area contributed by atoms with Gasteiger partial charge in [0, 0.05) is 0 Å². The molecule has 16 heavy (non-hydrogen) atoms. The Bertz CT molecular complexity index is 237. The van der Waals surface area contributed by atoms with E-state index >= 15 is 0 Å². The van der Waals surface area contributed by atoms with E-state index in [1.807, 2.05) is 6.92 Å². The van der Waals surface area contributed by atoms with Crippen LogP contribution in [0.3, 0.4) is 0 Å². The monoisotopic (exact) mass is 227 g/mol. The molecule has 0 saturated carbocycles. The average Bonchev–Trinajstić information content (AvgIpc) is 2.16. The fourth-order valence-electron chi connectivity index (χ4n) is 1.84. The standard InChI is InChI=1S/C13H25NO2/c1-12(2,3)8-10-16-11(15)13(4)7-5-6-9-14-13/h14H,5-10H2,1-4H3. The zero-order chi connectivity index (χ0) is 12.2. The van der Waals surface area contributed by atoms with E-state index in [4.69, 9.17) is 4.74 Å². The molecule has 0 radical (unpaired) electrons. The van der Waals surface area contributed by atoms with Crippen LogP contribution in [0.25, 0.3) is 0 Å². The van der Waals surface area contributed by atoms with Crippen LogP contribution in [0, 0.1) is 5.41 Å². The highest BCUT2D eigenvalue weighted by Crippen LogP contribution is 2.22. The summed E-state index contributed by atoms with van der Waals surface area (Å²) >= 11 is 0. The number of carbonyl (C=O) groups excluding carboxylic acids is 1. The average molecular weight is 227 g/mol. The third-order valence-corrected chi connectivity index (χ3v) is 3.15. The minimum absolute atomic E-state index is 0.0866. The number of piperidine rings is 1. The van der Waals surface area contributed by atoms with Gasteiger partial charge in [0.05, 0.1) is 6.61 Å². The lowest BCUT2D eigenvalue weighted by molar-refractivity contribution is -0.152.